The minimum Gasteiger partial charge on any atom is -0.321 e. The highest BCUT2D eigenvalue weighted by Crippen LogP contribution is 2.09. The second-order valence-corrected chi connectivity index (χ2v) is 4.45. The van der Waals surface area contributed by atoms with Gasteiger partial charge in [-0.2, -0.15) is 5.10 Å². The lowest BCUT2D eigenvalue weighted by atomic mass is 9.95. The van der Waals surface area contributed by atoms with Crippen LogP contribution in [0, 0.1) is 5.92 Å². The molecule has 17 heavy (non-hydrogen) atoms. The Balaban J connectivity index is 2.64. The summed E-state index contributed by atoms with van der Waals surface area (Å²) in [6, 6.07) is -0.397. The number of aromatic nitrogens is 3. The molecule has 0 fully saturated rings. The molecule has 0 bridgehead atoms. The van der Waals surface area contributed by atoms with Gasteiger partial charge in [0, 0.05) is 6.54 Å². The van der Waals surface area contributed by atoms with Gasteiger partial charge in [0.05, 0.1) is 12.5 Å². The number of ketones is 1. The molecule has 0 saturated carbocycles. The number of aryl methyl sites for hydroxylation is 1. The Bertz CT molecular complexity index is 361. The Labute approximate surface area is 102 Å². The van der Waals surface area contributed by atoms with Crippen LogP contribution in [0.25, 0.3) is 0 Å². The van der Waals surface area contributed by atoms with E-state index in [2.05, 4.69) is 17.0 Å². The Morgan fingerprint density at radius 1 is 1.53 bits per heavy atom. The molecular formula is C12H22N4O. The van der Waals surface area contributed by atoms with E-state index in [-0.39, 0.29) is 18.1 Å². The predicted octanol–water partition coefficient (Wildman–Crippen LogP) is 1.17. The van der Waals surface area contributed by atoms with Crippen LogP contribution in [0.4, 0.5) is 0 Å². The lowest BCUT2D eigenvalue weighted by molar-refractivity contribution is -0.120. The highest BCUT2D eigenvalue weighted by atomic mass is 16.1. The average molecular weight is 238 g/mol. The standard InChI is InChI=1S/C12H22N4O/c1-4-6-16-11(14-8-15-16)7-10(17)12(13)9(3)5-2/h8-9,12H,4-7,13H2,1-3H3. The van der Waals surface area contributed by atoms with Crippen molar-refractivity contribution in [1.29, 1.82) is 0 Å². The van der Waals surface area contributed by atoms with Gasteiger partial charge in [-0.15, -0.1) is 0 Å². The van der Waals surface area contributed by atoms with Gasteiger partial charge in [0.15, 0.2) is 5.78 Å². The number of nitrogens with zero attached hydrogens (tertiary/aromatic N) is 3. The molecule has 1 aromatic heterocycles. The van der Waals surface area contributed by atoms with Crippen LogP contribution >= 0.6 is 0 Å². The quantitative estimate of drug-likeness (QED) is 0.774. The molecule has 2 unspecified atom stereocenters. The Morgan fingerprint density at radius 3 is 2.82 bits per heavy atom. The smallest absolute Gasteiger partial charge is 0.157 e. The Hall–Kier alpha value is -1.23. The number of Topliss-reactive ketones (excluding diaryl/α,β-unsaturated/α-hetero) is 1. The molecule has 2 atom stereocenters. The molecular weight excluding hydrogens is 216 g/mol. The molecule has 0 radical (unpaired) electrons. The van der Waals surface area contributed by atoms with Gasteiger partial charge in [-0.05, 0) is 12.3 Å². The van der Waals surface area contributed by atoms with Crippen molar-refractivity contribution in [3.05, 3.63) is 12.2 Å². The zero-order valence-corrected chi connectivity index (χ0v) is 10.9. The zero-order valence-electron chi connectivity index (χ0n) is 10.9. The number of hydrogen-bond acceptors (Lipinski definition) is 4. The van der Waals surface area contributed by atoms with E-state index in [1.807, 2.05) is 13.8 Å². The topological polar surface area (TPSA) is 73.8 Å². The van der Waals surface area contributed by atoms with Gasteiger partial charge in [-0.25, -0.2) is 9.67 Å². The van der Waals surface area contributed by atoms with Crippen LogP contribution < -0.4 is 5.73 Å². The van der Waals surface area contributed by atoms with E-state index in [9.17, 15) is 4.79 Å². The van der Waals surface area contributed by atoms with Gasteiger partial charge in [0.2, 0.25) is 0 Å². The van der Waals surface area contributed by atoms with Crippen LogP contribution in [-0.4, -0.2) is 26.6 Å². The van der Waals surface area contributed by atoms with Gasteiger partial charge < -0.3 is 5.73 Å². The minimum absolute atomic E-state index is 0.0460. The van der Waals surface area contributed by atoms with Crippen molar-refractivity contribution in [2.75, 3.05) is 0 Å². The summed E-state index contributed by atoms with van der Waals surface area (Å²) < 4.78 is 1.78. The first-order chi connectivity index (χ1) is 8.10. The molecule has 0 aliphatic rings. The average Bonchev–Trinajstić information content (AvgIpc) is 2.75. The zero-order chi connectivity index (χ0) is 12.8. The molecule has 0 amide bonds. The first-order valence-electron chi connectivity index (χ1n) is 6.25. The number of hydrogen-bond donors (Lipinski definition) is 1. The summed E-state index contributed by atoms with van der Waals surface area (Å²) >= 11 is 0. The van der Waals surface area contributed by atoms with Gasteiger partial charge >= 0.3 is 0 Å². The van der Waals surface area contributed by atoms with E-state index >= 15 is 0 Å². The van der Waals surface area contributed by atoms with Crippen molar-refractivity contribution in [2.45, 2.75) is 52.6 Å². The third-order valence-corrected chi connectivity index (χ3v) is 3.09. The predicted molar refractivity (Wildman–Crippen MR) is 66.5 cm³/mol. The summed E-state index contributed by atoms with van der Waals surface area (Å²) in [6.45, 7) is 6.90. The van der Waals surface area contributed by atoms with Crippen molar-refractivity contribution in [3.8, 4) is 0 Å². The van der Waals surface area contributed by atoms with Crippen LogP contribution in [0.3, 0.4) is 0 Å². The molecule has 1 rings (SSSR count). The lowest BCUT2D eigenvalue weighted by Gasteiger charge is -2.16. The van der Waals surface area contributed by atoms with Crippen molar-refractivity contribution >= 4 is 5.78 Å². The van der Waals surface area contributed by atoms with E-state index in [0.717, 1.165) is 25.2 Å². The van der Waals surface area contributed by atoms with Gasteiger partial charge in [-0.3, -0.25) is 4.79 Å². The normalized spacial score (nSPS) is 14.6. The van der Waals surface area contributed by atoms with Gasteiger partial charge in [0.1, 0.15) is 12.2 Å². The number of carbonyl (C=O) groups excluding carboxylic acids is 1. The maximum Gasteiger partial charge on any atom is 0.157 e. The molecule has 0 aliphatic carbocycles. The second kappa shape index (κ2) is 6.49. The summed E-state index contributed by atoms with van der Waals surface area (Å²) in [4.78, 5) is 16.1. The first-order valence-corrected chi connectivity index (χ1v) is 6.25. The molecule has 1 heterocycles. The fraction of sp³-hybridized carbons (Fsp3) is 0.750. The van der Waals surface area contributed by atoms with E-state index in [0.29, 0.717) is 0 Å². The van der Waals surface area contributed by atoms with Crippen LogP contribution in [0.5, 0.6) is 0 Å². The van der Waals surface area contributed by atoms with Crippen molar-refractivity contribution in [2.24, 2.45) is 11.7 Å². The van der Waals surface area contributed by atoms with Crippen LogP contribution in [0.1, 0.15) is 39.4 Å². The monoisotopic (exact) mass is 238 g/mol. The highest BCUT2D eigenvalue weighted by Gasteiger charge is 2.21. The molecule has 0 spiro atoms. The summed E-state index contributed by atoms with van der Waals surface area (Å²) in [7, 11) is 0. The van der Waals surface area contributed by atoms with E-state index in [1.165, 1.54) is 6.33 Å². The largest absolute Gasteiger partial charge is 0.321 e. The van der Waals surface area contributed by atoms with Crippen molar-refractivity contribution < 1.29 is 4.79 Å². The van der Waals surface area contributed by atoms with Gasteiger partial charge in [-0.1, -0.05) is 27.2 Å². The molecule has 96 valence electrons. The number of carbonyl (C=O) groups is 1. The SMILES string of the molecule is CCCn1ncnc1CC(=O)C(N)C(C)CC. The van der Waals surface area contributed by atoms with Crippen molar-refractivity contribution in [1.82, 2.24) is 14.8 Å². The first kappa shape index (κ1) is 13.8. The van der Waals surface area contributed by atoms with Crippen LogP contribution in [-0.2, 0) is 17.8 Å². The molecule has 0 aromatic carbocycles. The Kier molecular flexibility index (Phi) is 5.28. The summed E-state index contributed by atoms with van der Waals surface area (Å²) in [5.41, 5.74) is 5.90. The molecule has 5 heteroatoms. The molecule has 0 saturated heterocycles. The maximum atomic E-state index is 12.0. The van der Waals surface area contributed by atoms with Gasteiger partial charge in [0.25, 0.3) is 0 Å². The Morgan fingerprint density at radius 2 is 2.24 bits per heavy atom. The van der Waals surface area contributed by atoms with E-state index in [1.54, 1.807) is 4.68 Å². The van der Waals surface area contributed by atoms with Crippen LogP contribution in [0.2, 0.25) is 0 Å². The third kappa shape index (κ3) is 3.63. The fourth-order valence-electron chi connectivity index (χ4n) is 1.67. The molecule has 0 aliphatic heterocycles. The number of nitrogens with two attached hydrogens (primary N) is 1. The van der Waals surface area contributed by atoms with Crippen molar-refractivity contribution in [3.63, 3.8) is 0 Å². The molecule has 5 nitrogen and oxygen atoms in total. The van der Waals surface area contributed by atoms with E-state index in [4.69, 9.17) is 5.73 Å². The highest BCUT2D eigenvalue weighted by molar-refractivity contribution is 5.85. The molecule has 1 aromatic rings. The fourth-order valence-corrected chi connectivity index (χ4v) is 1.67. The third-order valence-electron chi connectivity index (χ3n) is 3.09. The number of rotatable bonds is 7. The van der Waals surface area contributed by atoms with E-state index < -0.39 is 6.04 Å². The summed E-state index contributed by atoms with van der Waals surface area (Å²) in [5, 5.41) is 4.10. The minimum atomic E-state index is -0.397. The second-order valence-electron chi connectivity index (χ2n) is 4.45. The van der Waals surface area contributed by atoms with Crippen LogP contribution in [0.15, 0.2) is 6.33 Å². The maximum absolute atomic E-state index is 12.0. The molecule has 2 N–H and O–H groups in total. The lowest BCUT2D eigenvalue weighted by Crippen LogP contribution is -2.38. The summed E-state index contributed by atoms with van der Waals surface area (Å²) in [5.74, 6) is 0.977. The summed E-state index contributed by atoms with van der Waals surface area (Å²) in [6.07, 6.45) is 3.66.